The van der Waals surface area contributed by atoms with Crippen molar-refractivity contribution < 1.29 is 9.18 Å². The summed E-state index contributed by atoms with van der Waals surface area (Å²) in [5, 5.41) is 8.60. The van der Waals surface area contributed by atoms with E-state index in [1.54, 1.807) is 30.3 Å². The third kappa shape index (κ3) is 3.31. The van der Waals surface area contributed by atoms with Gasteiger partial charge in [0.1, 0.15) is 5.82 Å². The summed E-state index contributed by atoms with van der Waals surface area (Å²) in [5.41, 5.74) is 1.67. The molecule has 0 aliphatic rings. The number of hydrogen-bond acceptors (Lipinski definition) is 2. The van der Waals surface area contributed by atoms with E-state index < -0.39 is 5.82 Å². The van der Waals surface area contributed by atoms with Gasteiger partial charge < -0.3 is 0 Å². The third-order valence-electron chi connectivity index (χ3n) is 2.67. The number of ketones is 1. The molecule has 0 fully saturated rings. The van der Waals surface area contributed by atoms with Crippen LogP contribution >= 0.6 is 11.6 Å². The molecule has 2 rings (SSSR count). The second-order valence-corrected chi connectivity index (χ2v) is 4.47. The number of allylic oxidation sites excluding steroid dienone is 1. The van der Waals surface area contributed by atoms with E-state index in [0.717, 1.165) is 11.6 Å². The van der Waals surface area contributed by atoms with Gasteiger partial charge in [0, 0.05) is 5.56 Å². The van der Waals surface area contributed by atoms with Crippen molar-refractivity contribution in [2.24, 2.45) is 0 Å². The van der Waals surface area contributed by atoms with Gasteiger partial charge in [-0.15, -0.1) is 0 Å². The van der Waals surface area contributed by atoms with Gasteiger partial charge in [0.15, 0.2) is 5.78 Å². The van der Waals surface area contributed by atoms with E-state index >= 15 is 0 Å². The average Bonchev–Trinajstić information content (AvgIpc) is 2.48. The third-order valence-corrected chi connectivity index (χ3v) is 2.96. The van der Waals surface area contributed by atoms with Crippen molar-refractivity contribution in [3.8, 4) is 6.07 Å². The van der Waals surface area contributed by atoms with Gasteiger partial charge in [0.2, 0.25) is 0 Å². The van der Waals surface area contributed by atoms with E-state index in [0.29, 0.717) is 11.1 Å². The summed E-state index contributed by atoms with van der Waals surface area (Å²) in [5.74, 6) is -0.824. The van der Waals surface area contributed by atoms with E-state index in [9.17, 15) is 9.18 Å². The predicted molar refractivity (Wildman–Crippen MR) is 75.9 cm³/mol. The minimum absolute atomic E-state index is 0.0809. The molecule has 0 aliphatic carbocycles. The number of benzene rings is 2. The van der Waals surface area contributed by atoms with Crippen molar-refractivity contribution in [2.45, 2.75) is 0 Å². The number of hydrogen-bond donors (Lipinski definition) is 0. The summed E-state index contributed by atoms with van der Waals surface area (Å²) in [7, 11) is 0. The summed E-state index contributed by atoms with van der Waals surface area (Å²) in [6.45, 7) is 0. The first-order chi connectivity index (χ1) is 9.60. The first-order valence-corrected chi connectivity index (χ1v) is 6.15. The quantitative estimate of drug-likeness (QED) is 0.625. The fourth-order valence-corrected chi connectivity index (χ4v) is 1.77. The molecule has 0 spiro atoms. The second kappa shape index (κ2) is 6.14. The zero-order valence-corrected chi connectivity index (χ0v) is 11.1. The van der Waals surface area contributed by atoms with Crippen LogP contribution in [0, 0.1) is 17.1 Å². The minimum atomic E-state index is -0.556. The van der Waals surface area contributed by atoms with E-state index in [4.69, 9.17) is 16.9 Å². The lowest BCUT2D eigenvalue weighted by Gasteiger charge is -1.98. The molecule has 2 nitrogen and oxygen atoms in total. The van der Waals surface area contributed by atoms with Gasteiger partial charge in [0.25, 0.3) is 0 Å². The van der Waals surface area contributed by atoms with Gasteiger partial charge in [-0.2, -0.15) is 5.26 Å². The standard InChI is InChI=1S/C16H9ClFNO/c17-14-9-13(6-7-15(14)18)16(20)8-5-11-1-3-12(10-19)4-2-11/h1-9H/b8-5+. The Morgan fingerprint density at radius 2 is 1.90 bits per heavy atom. The molecule has 0 saturated carbocycles. The highest BCUT2D eigenvalue weighted by Crippen LogP contribution is 2.17. The average molecular weight is 286 g/mol. The Kier molecular flexibility index (Phi) is 4.29. The van der Waals surface area contributed by atoms with Crippen LogP contribution in [0.2, 0.25) is 5.02 Å². The van der Waals surface area contributed by atoms with Crippen LogP contribution in [-0.4, -0.2) is 5.78 Å². The van der Waals surface area contributed by atoms with Crippen molar-refractivity contribution in [3.63, 3.8) is 0 Å². The summed E-state index contributed by atoms with van der Waals surface area (Å²) < 4.78 is 13.0. The maximum Gasteiger partial charge on any atom is 0.185 e. The highest BCUT2D eigenvalue weighted by Gasteiger charge is 2.05. The smallest absolute Gasteiger partial charge is 0.185 e. The van der Waals surface area contributed by atoms with E-state index in [1.165, 1.54) is 18.2 Å². The van der Waals surface area contributed by atoms with Gasteiger partial charge in [-0.1, -0.05) is 29.8 Å². The SMILES string of the molecule is N#Cc1ccc(/C=C/C(=O)c2ccc(F)c(Cl)c2)cc1. The van der Waals surface area contributed by atoms with Crippen LogP contribution in [0.4, 0.5) is 4.39 Å². The Morgan fingerprint density at radius 3 is 2.50 bits per heavy atom. The normalized spacial score (nSPS) is 10.4. The predicted octanol–water partition coefficient (Wildman–Crippen LogP) is 4.25. The molecule has 0 unspecified atom stereocenters. The lowest BCUT2D eigenvalue weighted by molar-refractivity contribution is 0.104. The maximum atomic E-state index is 13.0. The first kappa shape index (κ1) is 14.0. The van der Waals surface area contributed by atoms with Crippen LogP contribution in [0.3, 0.4) is 0 Å². The number of halogens is 2. The maximum absolute atomic E-state index is 13.0. The van der Waals surface area contributed by atoms with Gasteiger partial charge in [-0.3, -0.25) is 4.79 Å². The molecule has 0 heterocycles. The van der Waals surface area contributed by atoms with Crippen LogP contribution in [0.15, 0.2) is 48.5 Å². The Hall–Kier alpha value is -2.44. The van der Waals surface area contributed by atoms with E-state index in [-0.39, 0.29) is 10.8 Å². The van der Waals surface area contributed by atoms with Crippen molar-refractivity contribution in [1.82, 2.24) is 0 Å². The first-order valence-electron chi connectivity index (χ1n) is 5.78. The molecule has 0 radical (unpaired) electrons. The van der Waals surface area contributed by atoms with Crippen molar-refractivity contribution in [1.29, 1.82) is 5.26 Å². The minimum Gasteiger partial charge on any atom is -0.289 e. The largest absolute Gasteiger partial charge is 0.289 e. The molecule has 0 aromatic heterocycles. The van der Waals surface area contributed by atoms with Gasteiger partial charge in [-0.05, 0) is 42.0 Å². The number of nitrogens with zero attached hydrogens (tertiary/aromatic N) is 1. The number of nitriles is 1. The molecule has 0 amide bonds. The second-order valence-electron chi connectivity index (χ2n) is 4.06. The molecule has 2 aromatic carbocycles. The monoisotopic (exact) mass is 285 g/mol. The molecule has 2 aromatic rings. The van der Waals surface area contributed by atoms with Crippen LogP contribution < -0.4 is 0 Å². The fourth-order valence-electron chi connectivity index (χ4n) is 1.59. The van der Waals surface area contributed by atoms with Gasteiger partial charge in [-0.25, -0.2) is 4.39 Å². The molecule has 0 bridgehead atoms. The summed E-state index contributed by atoms with van der Waals surface area (Å²) in [6.07, 6.45) is 3.01. The highest BCUT2D eigenvalue weighted by atomic mass is 35.5. The number of carbonyl (C=O) groups excluding carboxylic acids is 1. The summed E-state index contributed by atoms with van der Waals surface area (Å²) >= 11 is 5.63. The zero-order valence-electron chi connectivity index (χ0n) is 10.3. The Bertz CT molecular complexity index is 714. The molecular formula is C16H9ClFNO. The lowest BCUT2D eigenvalue weighted by Crippen LogP contribution is -1.94. The molecular weight excluding hydrogens is 277 g/mol. The molecule has 0 saturated heterocycles. The van der Waals surface area contributed by atoms with E-state index in [2.05, 4.69) is 0 Å². The summed E-state index contributed by atoms with van der Waals surface area (Å²) in [6, 6.07) is 12.7. The van der Waals surface area contributed by atoms with Crippen LogP contribution in [0.5, 0.6) is 0 Å². The van der Waals surface area contributed by atoms with Crippen molar-refractivity contribution >= 4 is 23.5 Å². The topological polar surface area (TPSA) is 40.9 Å². The van der Waals surface area contributed by atoms with Gasteiger partial charge in [0.05, 0.1) is 16.7 Å². The zero-order chi connectivity index (χ0) is 14.5. The molecule has 20 heavy (non-hydrogen) atoms. The summed E-state index contributed by atoms with van der Waals surface area (Å²) in [4.78, 5) is 11.9. The Labute approximate surface area is 120 Å². The highest BCUT2D eigenvalue weighted by molar-refractivity contribution is 6.31. The Balaban J connectivity index is 2.15. The fraction of sp³-hybridized carbons (Fsp3) is 0. The van der Waals surface area contributed by atoms with E-state index in [1.807, 2.05) is 6.07 Å². The van der Waals surface area contributed by atoms with Gasteiger partial charge >= 0.3 is 0 Å². The number of carbonyl (C=O) groups is 1. The lowest BCUT2D eigenvalue weighted by atomic mass is 10.1. The van der Waals surface area contributed by atoms with Crippen LogP contribution in [0.1, 0.15) is 21.5 Å². The molecule has 0 N–H and O–H groups in total. The molecule has 98 valence electrons. The van der Waals surface area contributed by atoms with Crippen LogP contribution in [-0.2, 0) is 0 Å². The molecule has 0 aliphatic heterocycles. The molecule has 0 atom stereocenters. The van der Waals surface area contributed by atoms with Crippen molar-refractivity contribution in [3.05, 3.63) is 76.1 Å². The van der Waals surface area contributed by atoms with Crippen LogP contribution in [0.25, 0.3) is 6.08 Å². The Morgan fingerprint density at radius 1 is 1.20 bits per heavy atom. The van der Waals surface area contributed by atoms with Crippen molar-refractivity contribution in [2.75, 3.05) is 0 Å². The molecule has 4 heteroatoms. The number of rotatable bonds is 3.